The van der Waals surface area contributed by atoms with E-state index in [1.54, 1.807) is 18.6 Å². The number of ether oxygens (including phenoxy) is 1. The summed E-state index contributed by atoms with van der Waals surface area (Å²) in [5.74, 6) is 0.608. The number of carbonyl (C=O) groups excluding carboxylic acids is 1. The molecule has 0 saturated carbocycles. The summed E-state index contributed by atoms with van der Waals surface area (Å²) in [6.07, 6.45) is 7.34. The average molecular weight is 366 g/mol. The minimum Gasteiger partial charge on any atom is -0.375 e. The number of likely N-dealkylation sites (N-methyl/N-ethyl adjacent to an activating group) is 1. The van der Waals surface area contributed by atoms with Gasteiger partial charge in [0.25, 0.3) is 5.91 Å². The smallest absolute Gasteiger partial charge is 0.255 e. The third kappa shape index (κ3) is 3.87. The maximum Gasteiger partial charge on any atom is 0.255 e. The SMILES string of the molecule is CN1CCC(COCc2ccccn2)CC12CN(C(=O)c1cccnc1)C2. The van der Waals surface area contributed by atoms with E-state index in [4.69, 9.17) is 4.74 Å². The summed E-state index contributed by atoms with van der Waals surface area (Å²) in [7, 11) is 2.18. The summed E-state index contributed by atoms with van der Waals surface area (Å²) in [5.41, 5.74) is 1.73. The molecule has 2 fully saturated rings. The number of likely N-dealkylation sites (tertiary alicyclic amines) is 2. The topological polar surface area (TPSA) is 58.6 Å². The molecule has 2 aliphatic rings. The Bertz CT molecular complexity index is 762. The number of hydrogen-bond acceptors (Lipinski definition) is 5. The van der Waals surface area contributed by atoms with E-state index in [9.17, 15) is 4.79 Å². The number of rotatable bonds is 5. The normalized spacial score (nSPS) is 21.8. The van der Waals surface area contributed by atoms with Gasteiger partial charge in [-0.15, -0.1) is 0 Å². The third-order valence-electron chi connectivity index (χ3n) is 5.85. The number of carbonyl (C=O) groups is 1. The van der Waals surface area contributed by atoms with E-state index in [1.807, 2.05) is 35.2 Å². The van der Waals surface area contributed by atoms with Gasteiger partial charge in [0.05, 0.1) is 30.0 Å². The summed E-state index contributed by atoms with van der Waals surface area (Å²) in [6, 6.07) is 9.53. The van der Waals surface area contributed by atoms with Crippen molar-refractivity contribution in [1.82, 2.24) is 19.8 Å². The lowest BCUT2D eigenvalue weighted by Crippen LogP contribution is -2.72. The van der Waals surface area contributed by atoms with Crippen LogP contribution in [0, 0.1) is 5.92 Å². The van der Waals surface area contributed by atoms with E-state index >= 15 is 0 Å². The van der Waals surface area contributed by atoms with Crippen molar-refractivity contribution in [3.05, 3.63) is 60.2 Å². The van der Waals surface area contributed by atoms with Crippen molar-refractivity contribution in [3.63, 3.8) is 0 Å². The van der Waals surface area contributed by atoms with Gasteiger partial charge in [0.15, 0.2) is 0 Å². The van der Waals surface area contributed by atoms with Gasteiger partial charge in [-0.3, -0.25) is 19.7 Å². The summed E-state index contributed by atoms with van der Waals surface area (Å²) >= 11 is 0. The molecule has 1 unspecified atom stereocenters. The predicted molar refractivity (Wildman–Crippen MR) is 102 cm³/mol. The Labute approximate surface area is 160 Å². The van der Waals surface area contributed by atoms with Gasteiger partial charge in [0.2, 0.25) is 0 Å². The van der Waals surface area contributed by atoms with E-state index in [2.05, 4.69) is 21.9 Å². The Morgan fingerprint density at radius 3 is 2.89 bits per heavy atom. The number of pyridine rings is 2. The van der Waals surface area contributed by atoms with Crippen LogP contribution in [0.4, 0.5) is 0 Å². The molecule has 0 aromatic carbocycles. The molecular formula is C21H26N4O2. The van der Waals surface area contributed by atoms with Gasteiger partial charge < -0.3 is 9.64 Å². The first-order valence-electron chi connectivity index (χ1n) is 9.54. The minimum absolute atomic E-state index is 0.0793. The molecule has 1 amide bonds. The van der Waals surface area contributed by atoms with Crippen molar-refractivity contribution in [2.24, 2.45) is 5.92 Å². The molecule has 2 aliphatic heterocycles. The van der Waals surface area contributed by atoms with E-state index in [0.717, 1.165) is 44.8 Å². The van der Waals surface area contributed by atoms with Crippen molar-refractivity contribution in [3.8, 4) is 0 Å². The molecule has 4 heterocycles. The maximum atomic E-state index is 12.6. The number of amides is 1. The van der Waals surface area contributed by atoms with Crippen molar-refractivity contribution < 1.29 is 9.53 Å². The summed E-state index contributed by atoms with van der Waals surface area (Å²) in [6.45, 7) is 3.93. The molecule has 0 N–H and O–H groups in total. The molecule has 0 radical (unpaired) electrons. The molecule has 4 rings (SSSR count). The van der Waals surface area contributed by atoms with Crippen LogP contribution in [-0.4, -0.2) is 64.5 Å². The first-order valence-corrected chi connectivity index (χ1v) is 9.54. The lowest BCUT2D eigenvalue weighted by molar-refractivity contribution is -0.0769. The molecule has 2 aromatic heterocycles. The highest BCUT2D eigenvalue weighted by Gasteiger charge is 2.50. The number of piperidine rings is 1. The third-order valence-corrected chi connectivity index (χ3v) is 5.85. The summed E-state index contributed by atoms with van der Waals surface area (Å²) < 4.78 is 5.93. The zero-order chi connectivity index (χ0) is 18.7. The summed E-state index contributed by atoms with van der Waals surface area (Å²) in [5, 5.41) is 0. The van der Waals surface area contributed by atoms with Crippen LogP contribution in [0.25, 0.3) is 0 Å². The monoisotopic (exact) mass is 366 g/mol. The Hall–Kier alpha value is -2.31. The fourth-order valence-electron chi connectivity index (χ4n) is 4.21. The molecule has 1 spiro atoms. The number of nitrogens with zero attached hydrogens (tertiary/aromatic N) is 4. The van der Waals surface area contributed by atoms with Gasteiger partial charge in [-0.2, -0.15) is 0 Å². The predicted octanol–water partition coefficient (Wildman–Crippen LogP) is 2.23. The number of hydrogen-bond donors (Lipinski definition) is 0. The van der Waals surface area contributed by atoms with Crippen LogP contribution in [0.5, 0.6) is 0 Å². The van der Waals surface area contributed by atoms with Crippen molar-refractivity contribution in [1.29, 1.82) is 0 Å². The van der Waals surface area contributed by atoms with Gasteiger partial charge in [-0.25, -0.2) is 0 Å². The van der Waals surface area contributed by atoms with Gasteiger partial charge in [-0.05, 0) is 56.6 Å². The van der Waals surface area contributed by atoms with Crippen LogP contribution in [0.1, 0.15) is 28.9 Å². The van der Waals surface area contributed by atoms with Gasteiger partial charge in [0.1, 0.15) is 0 Å². The highest BCUT2D eigenvalue weighted by atomic mass is 16.5. The lowest BCUT2D eigenvalue weighted by Gasteiger charge is -2.58. The molecule has 0 bridgehead atoms. The van der Waals surface area contributed by atoms with E-state index < -0.39 is 0 Å². The second-order valence-corrected chi connectivity index (χ2v) is 7.74. The quantitative estimate of drug-likeness (QED) is 0.812. The highest BCUT2D eigenvalue weighted by molar-refractivity contribution is 5.94. The van der Waals surface area contributed by atoms with Crippen LogP contribution in [0.3, 0.4) is 0 Å². The standard InChI is InChI=1S/C21H26N4O2/c1-24-10-7-17(13-27-14-19-6-2-3-9-23-19)11-21(24)15-25(16-21)20(26)18-5-4-8-22-12-18/h2-6,8-9,12,17H,7,10-11,13-16H2,1H3. The second-order valence-electron chi connectivity index (χ2n) is 7.74. The minimum atomic E-state index is 0.0793. The van der Waals surface area contributed by atoms with Crippen molar-refractivity contribution >= 4 is 5.91 Å². The lowest BCUT2D eigenvalue weighted by atomic mass is 9.75. The van der Waals surface area contributed by atoms with Crippen molar-refractivity contribution in [2.75, 3.05) is 33.3 Å². The Morgan fingerprint density at radius 2 is 2.15 bits per heavy atom. The van der Waals surface area contributed by atoms with Gasteiger partial charge >= 0.3 is 0 Å². The van der Waals surface area contributed by atoms with Gasteiger partial charge in [-0.1, -0.05) is 6.07 Å². The van der Waals surface area contributed by atoms with E-state index in [-0.39, 0.29) is 11.4 Å². The first-order chi connectivity index (χ1) is 13.2. The van der Waals surface area contributed by atoms with E-state index in [0.29, 0.717) is 18.1 Å². The Balaban J connectivity index is 1.30. The Morgan fingerprint density at radius 1 is 1.26 bits per heavy atom. The first kappa shape index (κ1) is 18.1. The van der Waals surface area contributed by atoms with E-state index in [1.165, 1.54) is 0 Å². The largest absolute Gasteiger partial charge is 0.375 e. The fourth-order valence-corrected chi connectivity index (χ4v) is 4.21. The molecule has 2 aromatic rings. The maximum absolute atomic E-state index is 12.6. The summed E-state index contributed by atoms with van der Waals surface area (Å²) in [4.78, 5) is 25.3. The highest BCUT2D eigenvalue weighted by Crippen LogP contribution is 2.38. The molecule has 142 valence electrons. The van der Waals surface area contributed by atoms with Crippen LogP contribution in [0.2, 0.25) is 0 Å². The molecular weight excluding hydrogens is 340 g/mol. The molecule has 2 saturated heterocycles. The average Bonchev–Trinajstić information content (AvgIpc) is 2.68. The fraction of sp³-hybridized carbons (Fsp3) is 0.476. The molecule has 6 nitrogen and oxygen atoms in total. The zero-order valence-electron chi connectivity index (χ0n) is 15.8. The molecule has 0 aliphatic carbocycles. The number of aromatic nitrogens is 2. The molecule has 6 heteroatoms. The van der Waals surface area contributed by atoms with Gasteiger partial charge in [0, 0.05) is 31.7 Å². The van der Waals surface area contributed by atoms with Crippen LogP contribution in [0.15, 0.2) is 48.9 Å². The zero-order valence-corrected chi connectivity index (χ0v) is 15.8. The van der Waals surface area contributed by atoms with Crippen LogP contribution >= 0.6 is 0 Å². The Kier molecular flexibility index (Phi) is 5.18. The second kappa shape index (κ2) is 7.74. The molecule has 1 atom stereocenters. The van der Waals surface area contributed by atoms with Crippen LogP contribution in [-0.2, 0) is 11.3 Å². The molecule has 27 heavy (non-hydrogen) atoms. The van der Waals surface area contributed by atoms with Crippen molar-refractivity contribution in [2.45, 2.75) is 25.0 Å². The van der Waals surface area contributed by atoms with Crippen LogP contribution < -0.4 is 0 Å².